The fourth-order valence-electron chi connectivity index (χ4n) is 4.96. The molecule has 2 fully saturated rings. The van der Waals surface area contributed by atoms with Gasteiger partial charge < -0.3 is 19.7 Å². The molecule has 1 amide bonds. The van der Waals surface area contributed by atoms with Crippen LogP contribution in [0.25, 0.3) is 6.08 Å². The molecule has 0 spiro atoms. The number of piperidine rings is 2. The molecule has 0 unspecified atom stereocenters. The van der Waals surface area contributed by atoms with Gasteiger partial charge in [0, 0.05) is 43.1 Å². The molecular formula is C25H39N5O. The first-order valence-corrected chi connectivity index (χ1v) is 11.8. The van der Waals surface area contributed by atoms with Crippen LogP contribution < -0.4 is 5.32 Å². The maximum atomic E-state index is 12.8. The largest absolute Gasteiger partial charge is 0.349 e. The Bertz CT molecular complexity index is 831. The van der Waals surface area contributed by atoms with Crippen LogP contribution in [0.15, 0.2) is 11.6 Å². The van der Waals surface area contributed by atoms with E-state index in [1.807, 2.05) is 0 Å². The lowest BCUT2D eigenvalue weighted by molar-refractivity contribution is -0.118. The van der Waals surface area contributed by atoms with Gasteiger partial charge >= 0.3 is 0 Å². The molecule has 31 heavy (non-hydrogen) atoms. The van der Waals surface area contributed by atoms with Gasteiger partial charge in [-0.2, -0.15) is 5.26 Å². The Morgan fingerprint density at radius 3 is 2.42 bits per heavy atom. The van der Waals surface area contributed by atoms with Gasteiger partial charge in [0.15, 0.2) is 0 Å². The first-order chi connectivity index (χ1) is 14.8. The second-order valence-corrected chi connectivity index (χ2v) is 9.82. The predicted octanol–water partition coefficient (Wildman–Crippen LogP) is 3.34. The van der Waals surface area contributed by atoms with E-state index in [0.29, 0.717) is 12.0 Å². The first kappa shape index (κ1) is 23.6. The molecule has 2 aliphatic rings. The molecule has 1 N–H and O–H groups in total. The first-order valence-electron chi connectivity index (χ1n) is 11.8. The average molecular weight is 426 g/mol. The Morgan fingerprint density at radius 2 is 1.84 bits per heavy atom. The Morgan fingerprint density at radius 1 is 1.19 bits per heavy atom. The highest BCUT2D eigenvalue weighted by Gasteiger charge is 2.28. The minimum Gasteiger partial charge on any atom is -0.349 e. The van der Waals surface area contributed by atoms with Gasteiger partial charge in [0.25, 0.3) is 5.91 Å². The average Bonchev–Trinajstić information content (AvgIpc) is 3.00. The molecular weight excluding hydrogens is 386 g/mol. The van der Waals surface area contributed by atoms with Gasteiger partial charge in [0.05, 0.1) is 0 Å². The molecule has 0 saturated carbocycles. The van der Waals surface area contributed by atoms with Crippen molar-refractivity contribution in [3.63, 3.8) is 0 Å². The van der Waals surface area contributed by atoms with Crippen LogP contribution in [0.4, 0.5) is 0 Å². The molecule has 0 radical (unpaired) electrons. The number of amides is 1. The standard InChI is InChI=1S/C25H39N5O/c1-18(2)17-30-19(3)14-21(20(30)4)15-22(16-26)25(31)27-23-6-12-29(13-7-23)24-8-10-28(5)11-9-24/h14-15,18,23-24H,6-13,17H2,1-5H3,(H,27,31)/b22-15-. The summed E-state index contributed by atoms with van der Waals surface area (Å²) in [4.78, 5) is 17.8. The molecule has 0 aliphatic carbocycles. The number of carbonyl (C=O) groups is 1. The van der Waals surface area contributed by atoms with E-state index in [1.54, 1.807) is 6.08 Å². The highest BCUT2D eigenvalue weighted by atomic mass is 16.1. The van der Waals surface area contributed by atoms with Crippen LogP contribution in [0, 0.1) is 31.1 Å². The second-order valence-electron chi connectivity index (χ2n) is 9.82. The summed E-state index contributed by atoms with van der Waals surface area (Å²) in [5.41, 5.74) is 3.43. The summed E-state index contributed by atoms with van der Waals surface area (Å²) in [5, 5.41) is 12.8. The van der Waals surface area contributed by atoms with Crippen LogP contribution in [0.1, 0.15) is 56.5 Å². The quantitative estimate of drug-likeness (QED) is 0.561. The number of aromatic nitrogens is 1. The third-order valence-corrected chi connectivity index (χ3v) is 6.89. The molecule has 1 aromatic heterocycles. The van der Waals surface area contributed by atoms with Crippen molar-refractivity contribution in [2.75, 3.05) is 33.2 Å². The maximum absolute atomic E-state index is 12.8. The number of nitrogens with zero attached hydrogens (tertiary/aromatic N) is 4. The zero-order valence-corrected chi connectivity index (χ0v) is 19.9. The van der Waals surface area contributed by atoms with Crippen molar-refractivity contribution in [1.29, 1.82) is 5.26 Å². The van der Waals surface area contributed by atoms with Gasteiger partial charge in [0.2, 0.25) is 0 Å². The molecule has 170 valence electrons. The van der Waals surface area contributed by atoms with E-state index in [2.05, 4.69) is 66.6 Å². The number of aryl methyl sites for hydroxylation is 1. The van der Waals surface area contributed by atoms with E-state index in [9.17, 15) is 10.1 Å². The summed E-state index contributed by atoms with van der Waals surface area (Å²) in [6, 6.07) is 5.03. The molecule has 2 aliphatic heterocycles. The minimum absolute atomic E-state index is 0.153. The van der Waals surface area contributed by atoms with Crippen LogP contribution in [0.2, 0.25) is 0 Å². The normalized spacial score (nSPS) is 20.2. The molecule has 3 rings (SSSR count). The minimum atomic E-state index is -0.242. The molecule has 2 saturated heterocycles. The van der Waals surface area contributed by atoms with Gasteiger partial charge in [-0.1, -0.05) is 13.8 Å². The number of nitriles is 1. The highest BCUT2D eigenvalue weighted by Crippen LogP contribution is 2.22. The van der Waals surface area contributed by atoms with Crippen LogP contribution >= 0.6 is 0 Å². The Labute approximate surface area is 187 Å². The Kier molecular flexibility index (Phi) is 7.96. The Balaban J connectivity index is 1.58. The van der Waals surface area contributed by atoms with E-state index in [1.165, 1.54) is 25.9 Å². The number of hydrogen-bond acceptors (Lipinski definition) is 4. The number of nitrogens with one attached hydrogen (secondary N) is 1. The van der Waals surface area contributed by atoms with Crippen molar-refractivity contribution in [2.24, 2.45) is 5.92 Å². The van der Waals surface area contributed by atoms with Crippen molar-refractivity contribution in [3.8, 4) is 6.07 Å². The van der Waals surface area contributed by atoms with Crippen LogP contribution in [0.5, 0.6) is 0 Å². The van der Waals surface area contributed by atoms with Gasteiger partial charge in [0.1, 0.15) is 11.6 Å². The Hall–Kier alpha value is -2.10. The number of carbonyl (C=O) groups excluding carboxylic acids is 1. The summed E-state index contributed by atoms with van der Waals surface area (Å²) < 4.78 is 2.27. The zero-order chi connectivity index (χ0) is 22.5. The van der Waals surface area contributed by atoms with E-state index in [-0.39, 0.29) is 17.5 Å². The summed E-state index contributed by atoms with van der Waals surface area (Å²) in [6.45, 7) is 13.9. The summed E-state index contributed by atoms with van der Waals surface area (Å²) in [5.74, 6) is 0.301. The van der Waals surface area contributed by atoms with Crippen molar-refractivity contribution in [3.05, 3.63) is 28.6 Å². The van der Waals surface area contributed by atoms with Crippen molar-refractivity contribution >= 4 is 12.0 Å². The number of rotatable bonds is 6. The van der Waals surface area contributed by atoms with Crippen LogP contribution in [-0.4, -0.2) is 65.6 Å². The molecule has 0 bridgehead atoms. The van der Waals surface area contributed by atoms with Gasteiger partial charge in [-0.15, -0.1) is 0 Å². The smallest absolute Gasteiger partial charge is 0.262 e. The van der Waals surface area contributed by atoms with E-state index in [0.717, 1.165) is 49.4 Å². The monoisotopic (exact) mass is 425 g/mol. The third-order valence-electron chi connectivity index (χ3n) is 6.89. The maximum Gasteiger partial charge on any atom is 0.262 e. The molecule has 1 aromatic rings. The lowest BCUT2D eigenvalue weighted by atomic mass is 9.98. The summed E-state index contributed by atoms with van der Waals surface area (Å²) >= 11 is 0. The zero-order valence-electron chi connectivity index (χ0n) is 19.9. The molecule has 6 nitrogen and oxygen atoms in total. The predicted molar refractivity (Wildman–Crippen MR) is 126 cm³/mol. The fourth-order valence-corrected chi connectivity index (χ4v) is 4.96. The van der Waals surface area contributed by atoms with Crippen molar-refractivity contribution < 1.29 is 4.79 Å². The van der Waals surface area contributed by atoms with Crippen molar-refractivity contribution in [2.45, 2.75) is 72.0 Å². The third kappa shape index (κ3) is 5.99. The molecule has 0 atom stereocenters. The highest BCUT2D eigenvalue weighted by molar-refractivity contribution is 6.02. The summed E-state index contributed by atoms with van der Waals surface area (Å²) in [6.07, 6.45) is 6.15. The van der Waals surface area contributed by atoms with E-state index < -0.39 is 0 Å². The molecule has 3 heterocycles. The lowest BCUT2D eigenvalue weighted by Crippen LogP contribution is -2.50. The van der Waals surface area contributed by atoms with E-state index >= 15 is 0 Å². The lowest BCUT2D eigenvalue weighted by Gasteiger charge is -2.41. The number of hydrogen-bond donors (Lipinski definition) is 1. The number of likely N-dealkylation sites (tertiary alicyclic amines) is 2. The van der Waals surface area contributed by atoms with Crippen LogP contribution in [0.3, 0.4) is 0 Å². The van der Waals surface area contributed by atoms with E-state index in [4.69, 9.17) is 0 Å². The van der Waals surface area contributed by atoms with Gasteiger partial charge in [-0.3, -0.25) is 4.79 Å². The van der Waals surface area contributed by atoms with Gasteiger partial charge in [-0.05, 0) is 83.3 Å². The molecule has 0 aromatic carbocycles. The SMILES string of the molecule is Cc1cc(/C=C(/C#N)C(=O)NC2CCN(C3CCN(C)CC3)CC2)c(C)n1CC(C)C. The fraction of sp³-hybridized carbons (Fsp3) is 0.680. The summed E-state index contributed by atoms with van der Waals surface area (Å²) in [7, 11) is 2.19. The van der Waals surface area contributed by atoms with Gasteiger partial charge in [-0.25, -0.2) is 0 Å². The van der Waals surface area contributed by atoms with Crippen molar-refractivity contribution in [1.82, 2.24) is 19.7 Å². The second kappa shape index (κ2) is 10.5. The van der Waals surface area contributed by atoms with Crippen LogP contribution in [-0.2, 0) is 11.3 Å². The molecule has 6 heteroatoms. The topological polar surface area (TPSA) is 64.3 Å².